The maximum Gasteiger partial charge on any atom is 0.148 e. The van der Waals surface area contributed by atoms with E-state index in [0.717, 1.165) is 23.1 Å². The van der Waals surface area contributed by atoms with Gasteiger partial charge >= 0.3 is 0 Å². The zero-order valence-corrected chi connectivity index (χ0v) is 12.7. The number of anilines is 2. The van der Waals surface area contributed by atoms with Crippen molar-refractivity contribution in [3.05, 3.63) is 5.69 Å². The molecule has 1 aliphatic rings. The molecule has 2 rings (SSSR count). The summed E-state index contributed by atoms with van der Waals surface area (Å²) < 4.78 is 1.90. The van der Waals surface area contributed by atoms with E-state index in [4.69, 9.17) is 5.73 Å². The van der Waals surface area contributed by atoms with Gasteiger partial charge in [-0.1, -0.05) is 33.6 Å². The van der Waals surface area contributed by atoms with Crippen LogP contribution < -0.4 is 11.1 Å². The fourth-order valence-corrected chi connectivity index (χ4v) is 2.98. The average Bonchev–Trinajstić information content (AvgIpc) is 2.52. The molecule has 1 aromatic heterocycles. The van der Waals surface area contributed by atoms with E-state index in [1.54, 1.807) is 0 Å². The Hall–Kier alpha value is -1.19. The minimum atomic E-state index is 0.371. The fourth-order valence-electron chi connectivity index (χ4n) is 2.98. The van der Waals surface area contributed by atoms with Crippen LogP contribution in [0.5, 0.6) is 0 Å². The topological polar surface area (TPSA) is 55.9 Å². The van der Waals surface area contributed by atoms with Crippen molar-refractivity contribution in [3.63, 3.8) is 0 Å². The smallest absolute Gasteiger partial charge is 0.148 e. The molecule has 1 fully saturated rings. The Bertz CT molecular complexity index is 422. The van der Waals surface area contributed by atoms with Crippen molar-refractivity contribution in [1.29, 1.82) is 0 Å². The van der Waals surface area contributed by atoms with Gasteiger partial charge in [-0.2, -0.15) is 5.10 Å². The predicted octanol–water partition coefficient (Wildman–Crippen LogP) is 3.51. The van der Waals surface area contributed by atoms with E-state index in [0.29, 0.717) is 12.0 Å². The summed E-state index contributed by atoms with van der Waals surface area (Å²) in [6.07, 6.45) is 6.46. The first-order valence-electron chi connectivity index (χ1n) is 7.58. The maximum atomic E-state index is 6.24. The molecule has 1 saturated carbocycles. The van der Waals surface area contributed by atoms with Crippen LogP contribution in [0.1, 0.15) is 64.5 Å². The van der Waals surface area contributed by atoms with Gasteiger partial charge in [-0.25, -0.2) is 0 Å². The molecule has 1 heterocycles. The lowest BCUT2D eigenvalue weighted by atomic mass is 10.0. The van der Waals surface area contributed by atoms with Crippen molar-refractivity contribution in [2.75, 3.05) is 11.1 Å². The van der Waals surface area contributed by atoms with Gasteiger partial charge in [0.25, 0.3) is 0 Å². The van der Waals surface area contributed by atoms with E-state index in [1.165, 1.54) is 32.1 Å². The van der Waals surface area contributed by atoms with E-state index in [2.05, 4.69) is 31.2 Å². The molecule has 0 aliphatic heterocycles. The van der Waals surface area contributed by atoms with Crippen LogP contribution in [0.4, 0.5) is 11.5 Å². The number of aromatic nitrogens is 2. The highest BCUT2D eigenvalue weighted by atomic mass is 15.3. The van der Waals surface area contributed by atoms with Crippen molar-refractivity contribution in [3.8, 4) is 0 Å². The molecule has 0 bridgehead atoms. The molecular formula is C15H28N4. The highest BCUT2D eigenvalue weighted by Crippen LogP contribution is 2.31. The summed E-state index contributed by atoms with van der Waals surface area (Å²) in [6, 6.07) is 0.544. The van der Waals surface area contributed by atoms with E-state index < -0.39 is 0 Å². The van der Waals surface area contributed by atoms with Crippen molar-refractivity contribution >= 4 is 11.5 Å². The van der Waals surface area contributed by atoms with Crippen LogP contribution in [-0.2, 0) is 7.05 Å². The second-order valence-electron chi connectivity index (χ2n) is 6.38. The van der Waals surface area contributed by atoms with Crippen molar-refractivity contribution in [2.24, 2.45) is 13.0 Å². The average molecular weight is 264 g/mol. The minimum Gasteiger partial charge on any atom is -0.394 e. The van der Waals surface area contributed by atoms with Crippen LogP contribution in [0.15, 0.2) is 0 Å². The highest BCUT2D eigenvalue weighted by Gasteiger charge is 2.21. The number of nitrogens with two attached hydrogens (primary N) is 1. The van der Waals surface area contributed by atoms with Gasteiger partial charge in [0.15, 0.2) is 0 Å². The third kappa shape index (κ3) is 3.23. The molecule has 0 aromatic carbocycles. The quantitative estimate of drug-likeness (QED) is 0.821. The van der Waals surface area contributed by atoms with Crippen LogP contribution in [0.25, 0.3) is 0 Å². The first kappa shape index (κ1) is 14.2. The van der Waals surface area contributed by atoms with Gasteiger partial charge in [0, 0.05) is 13.1 Å². The second-order valence-corrected chi connectivity index (χ2v) is 6.38. The number of nitrogens with one attached hydrogen (secondary N) is 1. The van der Waals surface area contributed by atoms with Gasteiger partial charge in [0.1, 0.15) is 5.82 Å². The standard InChI is InChI=1S/C15H28N4/c1-10(2)14-13(16)15(19(4)18-14)17-12-7-5-6-11(3)8-9-12/h10-12,17H,5-9,16H2,1-4H3. The molecule has 0 saturated heterocycles. The molecule has 3 N–H and O–H groups in total. The summed E-state index contributed by atoms with van der Waals surface area (Å²) in [4.78, 5) is 0. The summed E-state index contributed by atoms with van der Waals surface area (Å²) in [5.74, 6) is 2.24. The number of nitrogens with zero attached hydrogens (tertiary/aromatic N) is 2. The summed E-state index contributed by atoms with van der Waals surface area (Å²) in [6.45, 7) is 6.63. The van der Waals surface area contributed by atoms with Crippen LogP contribution in [0.3, 0.4) is 0 Å². The van der Waals surface area contributed by atoms with Gasteiger partial charge in [-0.3, -0.25) is 4.68 Å². The third-order valence-corrected chi connectivity index (χ3v) is 4.26. The molecule has 4 nitrogen and oxygen atoms in total. The Morgan fingerprint density at radius 3 is 2.63 bits per heavy atom. The molecular weight excluding hydrogens is 236 g/mol. The SMILES string of the molecule is CC1CCCC(Nc2c(N)c(C(C)C)nn2C)CC1. The Morgan fingerprint density at radius 2 is 2.00 bits per heavy atom. The molecule has 0 radical (unpaired) electrons. The van der Waals surface area contributed by atoms with E-state index in [-0.39, 0.29) is 0 Å². The van der Waals surface area contributed by atoms with E-state index in [9.17, 15) is 0 Å². The van der Waals surface area contributed by atoms with Gasteiger partial charge in [0.2, 0.25) is 0 Å². The lowest BCUT2D eigenvalue weighted by molar-refractivity contribution is 0.501. The zero-order valence-electron chi connectivity index (χ0n) is 12.7. The Kier molecular flexibility index (Phi) is 4.38. The van der Waals surface area contributed by atoms with Crippen LogP contribution >= 0.6 is 0 Å². The Morgan fingerprint density at radius 1 is 1.26 bits per heavy atom. The summed E-state index contributed by atoms with van der Waals surface area (Å²) in [5, 5.41) is 8.17. The van der Waals surface area contributed by atoms with Gasteiger partial charge in [-0.05, 0) is 31.1 Å². The summed E-state index contributed by atoms with van der Waals surface area (Å²) in [5.41, 5.74) is 8.08. The molecule has 1 aromatic rings. The number of rotatable bonds is 3. The summed E-state index contributed by atoms with van der Waals surface area (Å²) in [7, 11) is 1.98. The number of aryl methyl sites for hydroxylation is 1. The number of hydrogen-bond donors (Lipinski definition) is 2. The van der Waals surface area contributed by atoms with Crippen LogP contribution in [-0.4, -0.2) is 15.8 Å². The van der Waals surface area contributed by atoms with Crippen molar-refractivity contribution in [1.82, 2.24) is 9.78 Å². The highest BCUT2D eigenvalue weighted by molar-refractivity contribution is 5.66. The largest absolute Gasteiger partial charge is 0.394 e. The number of nitrogen functional groups attached to an aromatic ring is 1. The third-order valence-electron chi connectivity index (χ3n) is 4.26. The van der Waals surface area contributed by atoms with E-state index >= 15 is 0 Å². The van der Waals surface area contributed by atoms with Crippen LogP contribution in [0.2, 0.25) is 0 Å². The van der Waals surface area contributed by atoms with Gasteiger partial charge < -0.3 is 11.1 Å². The molecule has 0 amide bonds. The van der Waals surface area contributed by atoms with Crippen LogP contribution in [0, 0.1) is 5.92 Å². The fraction of sp³-hybridized carbons (Fsp3) is 0.800. The van der Waals surface area contributed by atoms with Gasteiger partial charge in [-0.15, -0.1) is 0 Å². The molecule has 19 heavy (non-hydrogen) atoms. The Labute approximate surface area is 116 Å². The molecule has 108 valence electrons. The lowest BCUT2D eigenvalue weighted by Crippen LogP contribution is -2.21. The minimum absolute atomic E-state index is 0.371. The van der Waals surface area contributed by atoms with Crippen molar-refractivity contribution in [2.45, 2.75) is 64.8 Å². The summed E-state index contributed by atoms with van der Waals surface area (Å²) >= 11 is 0. The maximum absolute atomic E-state index is 6.24. The first-order chi connectivity index (χ1) is 8.99. The lowest BCUT2D eigenvalue weighted by Gasteiger charge is -2.18. The Balaban J connectivity index is 2.10. The molecule has 1 aliphatic carbocycles. The predicted molar refractivity (Wildman–Crippen MR) is 81.4 cm³/mol. The second kappa shape index (κ2) is 5.85. The van der Waals surface area contributed by atoms with Crippen molar-refractivity contribution < 1.29 is 0 Å². The molecule has 2 atom stereocenters. The number of hydrogen-bond acceptors (Lipinski definition) is 3. The van der Waals surface area contributed by atoms with Gasteiger partial charge in [0.05, 0.1) is 11.4 Å². The normalized spacial score (nSPS) is 24.5. The zero-order chi connectivity index (χ0) is 14.0. The van der Waals surface area contributed by atoms with E-state index in [1.807, 2.05) is 11.7 Å². The molecule has 0 spiro atoms. The molecule has 4 heteroatoms. The monoisotopic (exact) mass is 264 g/mol. The first-order valence-corrected chi connectivity index (χ1v) is 7.58. The molecule has 2 unspecified atom stereocenters.